The van der Waals surface area contributed by atoms with E-state index in [0.717, 1.165) is 16.5 Å². The molecule has 0 saturated carbocycles. The van der Waals surface area contributed by atoms with Gasteiger partial charge in [-0.1, -0.05) is 32.0 Å². The summed E-state index contributed by atoms with van der Waals surface area (Å²) in [4.78, 5) is 51.8. The number of fused-ring (bicyclic) bond motifs is 1. The van der Waals surface area contributed by atoms with Crippen molar-refractivity contribution in [2.24, 2.45) is 11.7 Å². The van der Waals surface area contributed by atoms with Crippen LogP contribution in [-0.2, 0) is 25.6 Å². The summed E-state index contributed by atoms with van der Waals surface area (Å²) in [6.07, 6.45) is 2.20. The first-order valence-corrected chi connectivity index (χ1v) is 11.1. The van der Waals surface area contributed by atoms with Crippen molar-refractivity contribution < 1.29 is 29.4 Å². The first-order valence-electron chi connectivity index (χ1n) is 11.1. The molecule has 8 N–H and O–H groups in total. The molecular weight excluding hydrogens is 442 g/mol. The molecule has 186 valence electrons. The Morgan fingerprint density at radius 1 is 0.971 bits per heavy atom. The number of carboxylic acid groups (broad SMARTS) is 1. The molecule has 11 heteroatoms. The highest BCUT2D eigenvalue weighted by atomic mass is 16.4. The lowest BCUT2D eigenvalue weighted by Crippen LogP contribution is -2.57. The van der Waals surface area contributed by atoms with Crippen molar-refractivity contribution in [2.45, 2.75) is 57.8 Å². The van der Waals surface area contributed by atoms with E-state index in [1.807, 2.05) is 38.1 Å². The molecule has 2 aromatic rings. The summed E-state index contributed by atoms with van der Waals surface area (Å²) in [5.74, 6) is -3.27. The van der Waals surface area contributed by atoms with Crippen LogP contribution >= 0.6 is 0 Å². The molecule has 0 bridgehead atoms. The number of aliphatic carboxylic acids is 1. The van der Waals surface area contributed by atoms with E-state index >= 15 is 0 Å². The largest absolute Gasteiger partial charge is 0.480 e. The molecule has 0 aliphatic rings. The van der Waals surface area contributed by atoms with Crippen LogP contribution in [0.1, 0.15) is 32.8 Å². The average Bonchev–Trinajstić information content (AvgIpc) is 3.18. The van der Waals surface area contributed by atoms with Crippen LogP contribution < -0.4 is 21.7 Å². The summed E-state index contributed by atoms with van der Waals surface area (Å²) in [5.41, 5.74) is 7.76. The maximum atomic E-state index is 12.5. The Balaban J connectivity index is 1.93. The fraction of sp³-hybridized carbons (Fsp3) is 0.478. The number of carbonyl (C=O) groups is 4. The molecule has 11 nitrogen and oxygen atoms in total. The fourth-order valence-electron chi connectivity index (χ4n) is 3.47. The van der Waals surface area contributed by atoms with E-state index < -0.39 is 54.5 Å². The standard InChI is InChI=1S/C23H33N5O6/c1-12(2)8-18(23(33)34)27-20(30)13(3)26-22(32)19(11-29)28-21(31)16(24)9-14-10-25-17-7-5-4-6-15(14)17/h4-7,10,12-13,16,18-19,25,29H,8-9,11,24H2,1-3H3,(H,26,32)(H,27,30)(H,28,31)(H,33,34). The third kappa shape index (κ3) is 7.29. The number of aliphatic hydroxyl groups is 1. The van der Waals surface area contributed by atoms with Gasteiger partial charge >= 0.3 is 5.97 Å². The smallest absolute Gasteiger partial charge is 0.326 e. The zero-order valence-electron chi connectivity index (χ0n) is 19.5. The Morgan fingerprint density at radius 2 is 1.62 bits per heavy atom. The normalized spacial score (nSPS) is 14.8. The number of carbonyl (C=O) groups excluding carboxylic acids is 3. The number of aromatic nitrogens is 1. The third-order valence-corrected chi connectivity index (χ3v) is 5.34. The molecule has 34 heavy (non-hydrogen) atoms. The first kappa shape index (κ1) is 26.8. The number of nitrogens with one attached hydrogen (secondary N) is 4. The highest BCUT2D eigenvalue weighted by Crippen LogP contribution is 2.18. The summed E-state index contributed by atoms with van der Waals surface area (Å²) in [7, 11) is 0. The molecule has 0 radical (unpaired) electrons. The minimum absolute atomic E-state index is 0.0359. The van der Waals surface area contributed by atoms with Gasteiger partial charge in [-0.2, -0.15) is 0 Å². The number of amides is 3. The van der Waals surface area contributed by atoms with Crippen molar-refractivity contribution in [3.63, 3.8) is 0 Å². The van der Waals surface area contributed by atoms with Gasteiger partial charge in [-0.05, 0) is 37.3 Å². The molecule has 1 heterocycles. The molecule has 0 aliphatic heterocycles. The van der Waals surface area contributed by atoms with Crippen molar-refractivity contribution in [1.29, 1.82) is 0 Å². The van der Waals surface area contributed by atoms with Crippen LogP contribution in [0.15, 0.2) is 30.5 Å². The van der Waals surface area contributed by atoms with Gasteiger partial charge in [0.2, 0.25) is 17.7 Å². The lowest BCUT2D eigenvalue weighted by atomic mass is 10.0. The van der Waals surface area contributed by atoms with Crippen molar-refractivity contribution in [3.8, 4) is 0 Å². The van der Waals surface area contributed by atoms with E-state index in [2.05, 4.69) is 20.9 Å². The summed E-state index contributed by atoms with van der Waals surface area (Å²) < 4.78 is 0. The third-order valence-electron chi connectivity index (χ3n) is 5.34. The van der Waals surface area contributed by atoms with Crippen LogP contribution in [0.25, 0.3) is 10.9 Å². The number of aliphatic hydroxyl groups excluding tert-OH is 1. The van der Waals surface area contributed by atoms with Crippen LogP contribution in [0.3, 0.4) is 0 Å². The van der Waals surface area contributed by atoms with Gasteiger partial charge in [0, 0.05) is 17.1 Å². The number of H-pyrrole nitrogens is 1. The van der Waals surface area contributed by atoms with Crippen LogP contribution in [0.5, 0.6) is 0 Å². The quantitative estimate of drug-likeness (QED) is 0.218. The maximum absolute atomic E-state index is 12.5. The van der Waals surface area contributed by atoms with Crippen molar-refractivity contribution in [3.05, 3.63) is 36.0 Å². The van der Waals surface area contributed by atoms with Crippen LogP contribution in [-0.4, -0.2) is 69.7 Å². The fourth-order valence-corrected chi connectivity index (χ4v) is 3.47. The zero-order valence-corrected chi connectivity index (χ0v) is 19.5. The van der Waals surface area contributed by atoms with Crippen molar-refractivity contribution in [2.75, 3.05) is 6.61 Å². The van der Waals surface area contributed by atoms with E-state index in [9.17, 15) is 29.4 Å². The number of rotatable bonds is 12. The summed E-state index contributed by atoms with van der Waals surface area (Å²) >= 11 is 0. The van der Waals surface area contributed by atoms with Gasteiger partial charge in [-0.25, -0.2) is 4.79 Å². The van der Waals surface area contributed by atoms with Gasteiger partial charge in [0.15, 0.2) is 0 Å². The molecule has 0 aliphatic carbocycles. The number of benzene rings is 1. The predicted molar refractivity (Wildman–Crippen MR) is 126 cm³/mol. The number of hydrogen-bond acceptors (Lipinski definition) is 6. The molecule has 1 aromatic carbocycles. The molecular formula is C23H33N5O6. The van der Waals surface area contributed by atoms with Gasteiger partial charge in [0.05, 0.1) is 12.6 Å². The first-order chi connectivity index (χ1) is 16.0. The molecule has 0 saturated heterocycles. The highest BCUT2D eigenvalue weighted by molar-refractivity contribution is 5.94. The van der Waals surface area contributed by atoms with E-state index in [4.69, 9.17) is 5.73 Å². The number of aromatic amines is 1. The Kier molecular flexibility index (Phi) is 9.58. The van der Waals surface area contributed by atoms with Gasteiger partial charge in [-0.15, -0.1) is 0 Å². The molecule has 1 aromatic heterocycles. The Morgan fingerprint density at radius 3 is 2.24 bits per heavy atom. The second-order valence-corrected chi connectivity index (χ2v) is 8.67. The van der Waals surface area contributed by atoms with E-state index in [0.29, 0.717) is 0 Å². The molecule has 4 atom stereocenters. The molecule has 0 fully saturated rings. The van der Waals surface area contributed by atoms with E-state index in [1.165, 1.54) is 6.92 Å². The number of para-hydroxylation sites is 1. The maximum Gasteiger partial charge on any atom is 0.326 e. The lowest BCUT2D eigenvalue weighted by molar-refractivity contribution is -0.142. The van der Waals surface area contributed by atoms with Crippen molar-refractivity contribution in [1.82, 2.24) is 20.9 Å². The SMILES string of the molecule is CC(C)CC(NC(=O)C(C)NC(=O)C(CO)NC(=O)C(N)Cc1c[nH]c2ccccc12)C(=O)O. The lowest BCUT2D eigenvalue weighted by Gasteiger charge is -2.23. The van der Waals surface area contributed by atoms with E-state index in [-0.39, 0.29) is 18.8 Å². The molecule has 2 rings (SSSR count). The topological polar surface area (TPSA) is 187 Å². The Bertz CT molecular complexity index is 1020. The van der Waals surface area contributed by atoms with Gasteiger partial charge in [0.1, 0.15) is 18.1 Å². The highest BCUT2D eigenvalue weighted by Gasteiger charge is 2.28. The summed E-state index contributed by atoms with van der Waals surface area (Å²) in [5, 5.41) is 26.9. The second-order valence-electron chi connectivity index (χ2n) is 8.67. The van der Waals surface area contributed by atoms with Gasteiger partial charge in [-0.3, -0.25) is 14.4 Å². The van der Waals surface area contributed by atoms with Crippen LogP contribution in [0.4, 0.5) is 0 Å². The Labute approximate surface area is 197 Å². The van der Waals surface area contributed by atoms with Gasteiger partial charge < -0.3 is 36.9 Å². The van der Waals surface area contributed by atoms with Crippen molar-refractivity contribution >= 4 is 34.6 Å². The molecule has 3 amide bonds. The zero-order chi connectivity index (χ0) is 25.4. The monoisotopic (exact) mass is 475 g/mol. The summed E-state index contributed by atoms with van der Waals surface area (Å²) in [6.45, 7) is 4.31. The number of carboxylic acids is 1. The minimum atomic E-state index is -1.33. The average molecular weight is 476 g/mol. The number of nitrogens with two attached hydrogens (primary N) is 1. The number of hydrogen-bond donors (Lipinski definition) is 7. The molecule has 0 spiro atoms. The molecule has 4 unspecified atom stereocenters. The Hall–Kier alpha value is -3.44. The summed E-state index contributed by atoms with van der Waals surface area (Å²) in [6, 6.07) is 3.06. The second kappa shape index (κ2) is 12.1. The predicted octanol–water partition coefficient (Wildman–Crippen LogP) is -0.365. The minimum Gasteiger partial charge on any atom is -0.480 e. The van der Waals surface area contributed by atoms with Gasteiger partial charge in [0.25, 0.3) is 0 Å². The van der Waals surface area contributed by atoms with Crippen LogP contribution in [0, 0.1) is 5.92 Å². The van der Waals surface area contributed by atoms with E-state index in [1.54, 1.807) is 6.20 Å². The van der Waals surface area contributed by atoms with Crippen LogP contribution in [0.2, 0.25) is 0 Å².